The summed E-state index contributed by atoms with van der Waals surface area (Å²) in [6.45, 7) is 14.3. The fourth-order valence-electron chi connectivity index (χ4n) is 8.68. The van der Waals surface area contributed by atoms with Crippen LogP contribution in [0.25, 0.3) is 0 Å². The summed E-state index contributed by atoms with van der Waals surface area (Å²) in [6, 6.07) is 0. The quantitative estimate of drug-likeness (QED) is 0.495. The minimum absolute atomic E-state index is 0.110. The van der Waals surface area contributed by atoms with Gasteiger partial charge in [0.1, 0.15) is 0 Å². The zero-order valence-corrected chi connectivity index (χ0v) is 20.5. The van der Waals surface area contributed by atoms with E-state index in [9.17, 15) is 10.2 Å². The Morgan fingerprint density at radius 3 is 2.43 bits per heavy atom. The van der Waals surface area contributed by atoms with Gasteiger partial charge in [0.15, 0.2) is 0 Å². The van der Waals surface area contributed by atoms with Gasteiger partial charge >= 0.3 is 0 Å². The number of allylic oxidation sites excluding steroid dienone is 1. The highest BCUT2D eigenvalue weighted by atomic mass is 16.3. The maximum atomic E-state index is 11.1. The van der Waals surface area contributed by atoms with Gasteiger partial charge in [-0.25, -0.2) is 0 Å². The number of aliphatic hydroxyl groups is 2. The van der Waals surface area contributed by atoms with E-state index in [1.54, 1.807) is 5.57 Å². The van der Waals surface area contributed by atoms with Crippen LogP contribution in [-0.4, -0.2) is 22.4 Å². The normalized spacial score (nSPS) is 46.4. The van der Waals surface area contributed by atoms with E-state index in [-0.39, 0.29) is 12.2 Å². The Hall–Kier alpha value is -0.340. The van der Waals surface area contributed by atoms with Crippen molar-refractivity contribution < 1.29 is 10.2 Å². The van der Waals surface area contributed by atoms with Crippen LogP contribution in [0.4, 0.5) is 0 Å². The molecule has 0 amide bonds. The van der Waals surface area contributed by atoms with Crippen molar-refractivity contribution in [1.82, 2.24) is 0 Å². The fraction of sp³-hybridized carbons (Fsp3) is 0.929. The van der Waals surface area contributed by atoms with E-state index in [0.717, 1.165) is 37.0 Å². The molecule has 2 N–H and O–H groups in total. The molecule has 0 aliphatic heterocycles. The molecule has 4 aliphatic carbocycles. The number of fused-ring (bicyclic) bond motifs is 5. The first-order valence-electron chi connectivity index (χ1n) is 13.1. The highest BCUT2D eigenvalue weighted by Gasteiger charge is 2.59. The zero-order chi connectivity index (χ0) is 21.8. The first-order chi connectivity index (χ1) is 14.1. The molecule has 30 heavy (non-hydrogen) atoms. The smallest absolute Gasteiger partial charge is 0.0577 e. The van der Waals surface area contributed by atoms with E-state index in [4.69, 9.17) is 0 Å². The molecule has 3 fully saturated rings. The first kappa shape index (κ1) is 22.8. The van der Waals surface area contributed by atoms with E-state index < -0.39 is 0 Å². The molecule has 2 nitrogen and oxygen atoms in total. The van der Waals surface area contributed by atoms with Gasteiger partial charge in [-0.15, -0.1) is 0 Å². The standard InChI is InChI=1S/C28H48O2/c1-17(2)18(3)15-26(30)19(4)23-9-10-24-22-8-7-20-16-21(29)11-13-27(20,5)25(22)12-14-28(23,24)6/h7,17-19,21-26,29-30H,8-16H2,1-6H3/t18-,19-,21-,22-,23+,24-,25-,26-,27-,28+/m0/s1. The van der Waals surface area contributed by atoms with Gasteiger partial charge in [0.2, 0.25) is 0 Å². The lowest BCUT2D eigenvalue weighted by atomic mass is 9.47. The van der Waals surface area contributed by atoms with E-state index >= 15 is 0 Å². The highest BCUT2D eigenvalue weighted by Crippen LogP contribution is 2.67. The van der Waals surface area contributed by atoms with E-state index in [1.165, 1.54) is 38.5 Å². The predicted octanol–water partition coefficient (Wildman–Crippen LogP) is 6.61. The number of aliphatic hydroxyl groups excluding tert-OH is 2. The summed E-state index contributed by atoms with van der Waals surface area (Å²) in [7, 11) is 0. The summed E-state index contributed by atoms with van der Waals surface area (Å²) >= 11 is 0. The molecule has 0 aromatic carbocycles. The van der Waals surface area contributed by atoms with Crippen LogP contribution < -0.4 is 0 Å². The minimum Gasteiger partial charge on any atom is -0.393 e. The highest BCUT2D eigenvalue weighted by molar-refractivity contribution is 5.25. The largest absolute Gasteiger partial charge is 0.393 e. The Labute approximate surface area is 185 Å². The maximum Gasteiger partial charge on any atom is 0.0577 e. The zero-order valence-electron chi connectivity index (χ0n) is 20.5. The van der Waals surface area contributed by atoms with Crippen molar-refractivity contribution in [2.75, 3.05) is 0 Å². The molecule has 0 spiro atoms. The minimum atomic E-state index is -0.157. The van der Waals surface area contributed by atoms with Crippen LogP contribution in [0.3, 0.4) is 0 Å². The molecule has 2 heteroatoms. The van der Waals surface area contributed by atoms with Crippen LogP contribution in [0.5, 0.6) is 0 Å². The second kappa shape index (κ2) is 8.22. The summed E-state index contributed by atoms with van der Waals surface area (Å²) in [5.74, 6) is 4.76. The Bertz CT molecular complexity index is 653. The van der Waals surface area contributed by atoms with Crippen molar-refractivity contribution in [2.45, 2.75) is 112 Å². The van der Waals surface area contributed by atoms with Crippen LogP contribution >= 0.6 is 0 Å². The molecule has 4 aliphatic rings. The number of rotatable bonds is 5. The lowest BCUT2D eigenvalue weighted by molar-refractivity contribution is -0.0693. The van der Waals surface area contributed by atoms with Crippen LogP contribution in [0, 0.1) is 52.3 Å². The average molecular weight is 417 g/mol. The molecular formula is C28H48O2. The van der Waals surface area contributed by atoms with E-state index in [2.05, 4.69) is 47.6 Å². The molecule has 0 heterocycles. The molecule has 0 unspecified atom stereocenters. The molecular weight excluding hydrogens is 368 g/mol. The van der Waals surface area contributed by atoms with Crippen molar-refractivity contribution in [3.05, 3.63) is 11.6 Å². The lowest BCUT2D eigenvalue weighted by Gasteiger charge is -2.58. The molecule has 0 aromatic heterocycles. The van der Waals surface area contributed by atoms with Crippen molar-refractivity contribution in [3.63, 3.8) is 0 Å². The third-order valence-corrected chi connectivity index (χ3v) is 11.1. The van der Waals surface area contributed by atoms with Crippen molar-refractivity contribution in [1.29, 1.82) is 0 Å². The summed E-state index contributed by atoms with van der Waals surface area (Å²) < 4.78 is 0. The topological polar surface area (TPSA) is 40.5 Å². The summed E-state index contributed by atoms with van der Waals surface area (Å²) in [4.78, 5) is 0. The van der Waals surface area contributed by atoms with Gasteiger partial charge < -0.3 is 10.2 Å². The Morgan fingerprint density at radius 2 is 1.73 bits per heavy atom. The molecule has 0 radical (unpaired) electrons. The van der Waals surface area contributed by atoms with Gasteiger partial charge in [-0.05, 0) is 110 Å². The third kappa shape index (κ3) is 3.62. The monoisotopic (exact) mass is 416 g/mol. The second-order valence-corrected chi connectivity index (χ2v) is 12.8. The molecule has 0 bridgehead atoms. The number of hydrogen-bond donors (Lipinski definition) is 2. The van der Waals surface area contributed by atoms with E-state index in [1.807, 2.05) is 0 Å². The average Bonchev–Trinajstić information content (AvgIpc) is 3.04. The molecule has 4 rings (SSSR count). The summed E-state index contributed by atoms with van der Waals surface area (Å²) in [5, 5.41) is 21.4. The first-order valence-corrected chi connectivity index (χ1v) is 13.1. The molecule has 0 aromatic rings. The fourth-order valence-corrected chi connectivity index (χ4v) is 8.68. The Kier molecular flexibility index (Phi) is 6.26. The lowest BCUT2D eigenvalue weighted by Crippen LogP contribution is -2.51. The van der Waals surface area contributed by atoms with Gasteiger partial charge in [-0.3, -0.25) is 0 Å². The van der Waals surface area contributed by atoms with Gasteiger partial charge in [0, 0.05) is 0 Å². The molecule has 3 saturated carbocycles. The third-order valence-electron chi connectivity index (χ3n) is 11.1. The van der Waals surface area contributed by atoms with Gasteiger partial charge in [0.05, 0.1) is 12.2 Å². The van der Waals surface area contributed by atoms with Crippen LogP contribution in [-0.2, 0) is 0 Å². The summed E-state index contributed by atoms with van der Waals surface area (Å²) in [6.07, 6.45) is 12.9. The molecule has 10 atom stereocenters. The van der Waals surface area contributed by atoms with Crippen LogP contribution in [0.2, 0.25) is 0 Å². The van der Waals surface area contributed by atoms with Gasteiger partial charge in [-0.1, -0.05) is 53.2 Å². The van der Waals surface area contributed by atoms with Gasteiger partial charge in [-0.2, -0.15) is 0 Å². The van der Waals surface area contributed by atoms with Crippen LogP contribution in [0.1, 0.15) is 99.3 Å². The van der Waals surface area contributed by atoms with E-state index in [0.29, 0.717) is 34.5 Å². The molecule has 0 saturated heterocycles. The van der Waals surface area contributed by atoms with Crippen LogP contribution in [0.15, 0.2) is 11.6 Å². The Morgan fingerprint density at radius 1 is 1.00 bits per heavy atom. The summed E-state index contributed by atoms with van der Waals surface area (Å²) in [5.41, 5.74) is 2.31. The number of hydrogen-bond acceptors (Lipinski definition) is 2. The SMILES string of the molecule is CC(C)[C@@H](C)C[C@H](O)[C@@H](C)[C@H]1CC[C@H]2[C@@H]3CC=C4C[C@@H](O)CC[C@]4(C)[C@H]3CC[C@]12C. The van der Waals surface area contributed by atoms with Crippen molar-refractivity contribution in [3.8, 4) is 0 Å². The maximum absolute atomic E-state index is 11.1. The predicted molar refractivity (Wildman–Crippen MR) is 125 cm³/mol. The second-order valence-electron chi connectivity index (χ2n) is 12.8. The van der Waals surface area contributed by atoms with Crippen molar-refractivity contribution in [2.24, 2.45) is 52.3 Å². The Balaban J connectivity index is 1.51. The van der Waals surface area contributed by atoms with Crippen molar-refractivity contribution >= 4 is 0 Å². The molecule has 172 valence electrons. The van der Waals surface area contributed by atoms with Gasteiger partial charge in [0.25, 0.3) is 0 Å².